The number of benzene rings is 1. The maximum Gasteiger partial charge on any atom is -0.0164 e. The summed E-state index contributed by atoms with van der Waals surface area (Å²) < 4.78 is 0. The summed E-state index contributed by atoms with van der Waals surface area (Å²) in [5.41, 5.74) is 4.36. The molecular weight excluding hydrogens is 192 g/mol. The first kappa shape index (κ1) is 13.3. The minimum Gasteiger partial charge on any atom is -0.0654 e. The summed E-state index contributed by atoms with van der Waals surface area (Å²) in [6.07, 6.45) is 6.70. The van der Waals surface area contributed by atoms with Crippen LogP contribution in [0.2, 0.25) is 0 Å². The Morgan fingerprint density at radius 3 is 2.06 bits per heavy atom. The van der Waals surface area contributed by atoms with E-state index < -0.39 is 0 Å². The smallest absolute Gasteiger partial charge is 0.0164 e. The molecule has 0 heterocycles. The fraction of sp³-hybridized carbons (Fsp3) is 0.625. The van der Waals surface area contributed by atoms with Gasteiger partial charge in [0.25, 0.3) is 0 Å². The predicted molar refractivity (Wildman–Crippen MR) is 73.1 cm³/mol. The molecule has 0 fully saturated rings. The van der Waals surface area contributed by atoms with Gasteiger partial charge in [0.05, 0.1) is 0 Å². The van der Waals surface area contributed by atoms with Gasteiger partial charge >= 0.3 is 0 Å². The highest BCUT2D eigenvalue weighted by atomic mass is 14.1. The molecule has 0 amide bonds. The maximum atomic E-state index is 2.37. The van der Waals surface area contributed by atoms with Crippen molar-refractivity contribution in [1.29, 1.82) is 0 Å². The van der Waals surface area contributed by atoms with E-state index in [0.717, 1.165) is 5.92 Å². The van der Waals surface area contributed by atoms with Crippen molar-refractivity contribution in [2.75, 3.05) is 0 Å². The van der Waals surface area contributed by atoms with Crippen LogP contribution in [0, 0.1) is 13.8 Å². The van der Waals surface area contributed by atoms with Crippen molar-refractivity contribution in [1.82, 2.24) is 0 Å². The summed E-state index contributed by atoms with van der Waals surface area (Å²) in [7, 11) is 0. The van der Waals surface area contributed by atoms with Crippen molar-refractivity contribution < 1.29 is 0 Å². The number of unbranched alkanes of at least 4 members (excludes halogenated alkanes) is 2. The zero-order valence-electron chi connectivity index (χ0n) is 11.3. The molecule has 0 bridgehead atoms. The zero-order valence-corrected chi connectivity index (χ0v) is 11.3. The molecule has 16 heavy (non-hydrogen) atoms. The average molecular weight is 218 g/mol. The van der Waals surface area contributed by atoms with Crippen LogP contribution in [-0.2, 0) is 0 Å². The van der Waals surface area contributed by atoms with Crippen molar-refractivity contribution in [3.05, 3.63) is 34.9 Å². The lowest BCUT2D eigenvalue weighted by atomic mass is 9.89. The van der Waals surface area contributed by atoms with E-state index in [2.05, 4.69) is 45.9 Å². The SMILES string of the molecule is CCCCCC(CC)c1cc(C)cc(C)c1. The predicted octanol–water partition coefficient (Wildman–Crippen LogP) is 5.38. The topological polar surface area (TPSA) is 0 Å². The third-order valence-corrected chi connectivity index (χ3v) is 3.36. The molecule has 90 valence electrons. The van der Waals surface area contributed by atoms with Crippen LogP contribution in [0.3, 0.4) is 0 Å². The van der Waals surface area contributed by atoms with Crippen molar-refractivity contribution >= 4 is 0 Å². The molecule has 0 radical (unpaired) electrons. The maximum absolute atomic E-state index is 2.37. The van der Waals surface area contributed by atoms with Crippen molar-refractivity contribution in [3.63, 3.8) is 0 Å². The van der Waals surface area contributed by atoms with Gasteiger partial charge in [-0.15, -0.1) is 0 Å². The van der Waals surface area contributed by atoms with Gasteiger partial charge in [-0.3, -0.25) is 0 Å². The number of aryl methyl sites for hydroxylation is 2. The molecule has 1 unspecified atom stereocenters. The fourth-order valence-corrected chi connectivity index (χ4v) is 2.49. The minimum absolute atomic E-state index is 0.769. The van der Waals surface area contributed by atoms with E-state index in [1.165, 1.54) is 43.2 Å². The normalized spacial score (nSPS) is 12.8. The second kappa shape index (κ2) is 6.73. The van der Waals surface area contributed by atoms with Gasteiger partial charge in [-0.2, -0.15) is 0 Å². The molecule has 0 saturated carbocycles. The van der Waals surface area contributed by atoms with Gasteiger partial charge in [0, 0.05) is 0 Å². The van der Waals surface area contributed by atoms with Crippen LogP contribution in [0.25, 0.3) is 0 Å². The van der Waals surface area contributed by atoms with Gasteiger partial charge < -0.3 is 0 Å². The van der Waals surface area contributed by atoms with Gasteiger partial charge in [0.15, 0.2) is 0 Å². The summed E-state index contributed by atoms with van der Waals surface area (Å²) in [5, 5.41) is 0. The van der Waals surface area contributed by atoms with Gasteiger partial charge in [0.2, 0.25) is 0 Å². The molecule has 0 aliphatic rings. The molecule has 0 aliphatic carbocycles. The third-order valence-electron chi connectivity index (χ3n) is 3.36. The number of hydrogen-bond acceptors (Lipinski definition) is 0. The summed E-state index contributed by atoms with van der Waals surface area (Å²) in [4.78, 5) is 0. The highest BCUT2D eigenvalue weighted by molar-refractivity contribution is 5.30. The first-order chi connectivity index (χ1) is 7.67. The standard InChI is InChI=1S/C16H26/c1-5-7-8-9-15(6-2)16-11-13(3)10-14(4)12-16/h10-12,15H,5-9H2,1-4H3. The minimum atomic E-state index is 0.769. The Labute approximate surface area is 101 Å². The Hall–Kier alpha value is -0.780. The zero-order chi connectivity index (χ0) is 12.0. The summed E-state index contributed by atoms with van der Waals surface area (Å²) in [6.45, 7) is 9.00. The highest BCUT2D eigenvalue weighted by Gasteiger charge is 2.09. The number of rotatable bonds is 6. The third kappa shape index (κ3) is 4.00. The quantitative estimate of drug-likeness (QED) is 0.562. The van der Waals surface area contributed by atoms with Crippen LogP contribution in [0.15, 0.2) is 18.2 Å². The fourth-order valence-electron chi connectivity index (χ4n) is 2.49. The summed E-state index contributed by atoms with van der Waals surface area (Å²) in [5.74, 6) is 0.769. The van der Waals surface area contributed by atoms with E-state index in [1.807, 2.05) is 0 Å². The lowest BCUT2D eigenvalue weighted by Gasteiger charge is -2.16. The molecule has 1 atom stereocenters. The van der Waals surface area contributed by atoms with Crippen molar-refractivity contribution in [2.24, 2.45) is 0 Å². The molecular formula is C16H26. The van der Waals surface area contributed by atoms with Gasteiger partial charge in [0.1, 0.15) is 0 Å². The van der Waals surface area contributed by atoms with E-state index in [1.54, 1.807) is 5.56 Å². The van der Waals surface area contributed by atoms with Crippen LogP contribution < -0.4 is 0 Å². The molecule has 0 nitrogen and oxygen atoms in total. The van der Waals surface area contributed by atoms with Gasteiger partial charge in [-0.05, 0) is 38.2 Å². The first-order valence-corrected chi connectivity index (χ1v) is 6.75. The highest BCUT2D eigenvalue weighted by Crippen LogP contribution is 2.27. The van der Waals surface area contributed by atoms with E-state index in [0.29, 0.717) is 0 Å². The van der Waals surface area contributed by atoms with Crippen LogP contribution in [0.1, 0.15) is 68.6 Å². The lowest BCUT2D eigenvalue weighted by Crippen LogP contribution is -1.98. The Bertz CT molecular complexity index is 292. The Morgan fingerprint density at radius 1 is 0.938 bits per heavy atom. The Morgan fingerprint density at radius 2 is 1.56 bits per heavy atom. The number of hydrogen-bond donors (Lipinski definition) is 0. The van der Waals surface area contributed by atoms with Crippen LogP contribution >= 0.6 is 0 Å². The van der Waals surface area contributed by atoms with Crippen molar-refractivity contribution in [3.8, 4) is 0 Å². The molecule has 0 spiro atoms. The molecule has 0 heteroatoms. The van der Waals surface area contributed by atoms with Crippen LogP contribution in [0.4, 0.5) is 0 Å². The van der Waals surface area contributed by atoms with Crippen LogP contribution in [-0.4, -0.2) is 0 Å². The van der Waals surface area contributed by atoms with E-state index in [4.69, 9.17) is 0 Å². The van der Waals surface area contributed by atoms with E-state index in [9.17, 15) is 0 Å². The first-order valence-electron chi connectivity index (χ1n) is 6.75. The largest absolute Gasteiger partial charge is 0.0654 e. The van der Waals surface area contributed by atoms with Gasteiger partial charge in [-0.25, -0.2) is 0 Å². The Balaban J connectivity index is 2.70. The molecule has 0 aromatic heterocycles. The summed E-state index contributed by atoms with van der Waals surface area (Å²) in [6, 6.07) is 7.00. The molecule has 0 N–H and O–H groups in total. The van der Waals surface area contributed by atoms with Crippen molar-refractivity contribution in [2.45, 2.75) is 65.7 Å². The second-order valence-corrected chi connectivity index (χ2v) is 5.02. The Kier molecular flexibility index (Phi) is 5.59. The average Bonchev–Trinajstić information content (AvgIpc) is 2.23. The van der Waals surface area contributed by atoms with Gasteiger partial charge in [-0.1, -0.05) is 62.4 Å². The molecule has 0 saturated heterocycles. The van der Waals surface area contributed by atoms with Crippen LogP contribution in [0.5, 0.6) is 0 Å². The monoisotopic (exact) mass is 218 g/mol. The molecule has 1 aromatic rings. The van der Waals surface area contributed by atoms with E-state index >= 15 is 0 Å². The second-order valence-electron chi connectivity index (χ2n) is 5.02. The lowest BCUT2D eigenvalue weighted by molar-refractivity contribution is 0.553. The summed E-state index contributed by atoms with van der Waals surface area (Å²) >= 11 is 0. The molecule has 0 aliphatic heterocycles. The molecule has 1 rings (SSSR count). The molecule has 1 aromatic carbocycles. The van der Waals surface area contributed by atoms with E-state index in [-0.39, 0.29) is 0 Å².